The fourth-order valence-corrected chi connectivity index (χ4v) is 4.24. The molecule has 0 bridgehead atoms. The van der Waals surface area contributed by atoms with Crippen LogP contribution in [0, 0.1) is 11.6 Å². The zero-order chi connectivity index (χ0) is 27.6. The van der Waals surface area contributed by atoms with Crippen LogP contribution in [0.2, 0.25) is 0 Å². The summed E-state index contributed by atoms with van der Waals surface area (Å²) >= 11 is 0. The molecule has 202 valence electrons. The number of nitrogens with zero attached hydrogens (tertiary/aromatic N) is 2. The molecule has 0 aliphatic carbocycles. The van der Waals surface area contributed by atoms with Crippen LogP contribution >= 0.6 is 0 Å². The molecule has 2 aliphatic heterocycles. The molecule has 0 spiro atoms. The van der Waals surface area contributed by atoms with Gasteiger partial charge in [-0.05, 0) is 31.9 Å². The van der Waals surface area contributed by atoms with E-state index in [2.05, 4.69) is 4.74 Å². The molecule has 3 heterocycles. The minimum absolute atomic E-state index is 0.0888. The lowest BCUT2D eigenvalue weighted by Crippen LogP contribution is -2.49. The van der Waals surface area contributed by atoms with Crippen molar-refractivity contribution in [3.05, 3.63) is 63.1 Å². The number of pyridine rings is 1. The Morgan fingerprint density at radius 3 is 2.63 bits per heavy atom. The normalized spacial score (nSPS) is 18.0. The third kappa shape index (κ3) is 5.57. The summed E-state index contributed by atoms with van der Waals surface area (Å²) < 4.78 is 48.9. The van der Waals surface area contributed by atoms with Gasteiger partial charge in [-0.15, -0.1) is 0 Å². The van der Waals surface area contributed by atoms with Crippen molar-refractivity contribution in [2.45, 2.75) is 45.5 Å². The van der Waals surface area contributed by atoms with E-state index in [4.69, 9.17) is 14.2 Å². The Kier molecular flexibility index (Phi) is 7.86. The first-order valence-electron chi connectivity index (χ1n) is 11.7. The molecule has 0 N–H and O–H groups in total. The number of fused-ring (bicyclic) bond motifs is 2. The number of hydrogen-bond acceptors (Lipinski definition) is 9. The Labute approximate surface area is 214 Å². The Hall–Kier alpha value is -4.13. The van der Waals surface area contributed by atoms with Crippen LogP contribution < -0.4 is 10.2 Å². The summed E-state index contributed by atoms with van der Waals surface area (Å²) in [5, 5.41) is 0. The Balaban J connectivity index is 1.61. The lowest BCUT2D eigenvalue weighted by atomic mass is 10.0. The van der Waals surface area contributed by atoms with Gasteiger partial charge < -0.3 is 28.4 Å². The highest BCUT2D eigenvalue weighted by Gasteiger charge is 2.43. The van der Waals surface area contributed by atoms with Gasteiger partial charge in [-0.1, -0.05) is 6.07 Å². The van der Waals surface area contributed by atoms with E-state index < -0.39 is 66.1 Å². The van der Waals surface area contributed by atoms with Crippen LogP contribution in [0.4, 0.5) is 13.6 Å². The van der Waals surface area contributed by atoms with Crippen LogP contribution in [0.5, 0.6) is 5.75 Å². The van der Waals surface area contributed by atoms with E-state index in [1.807, 2.05) is 0 Å². The monoisotopic (exact) mass is 534 g/mol. The molecule has 1 aromatic carbocycles. The predicted molar refractivity (Wildman–Crippen MR) is 124 cm³/mol. The molecule has 0 saturated carbocycles. The fraction of sp³-hybridized carbons (Fsp3) is 0.400. The largest absolute Gasteiger partial charge is 0.511 e. The van der Waals surface area contributed by atoms with Crippen LogP contribution in [-0.4, -0.2) is 65.4 Å². The summed E-state index contributed by atoms with van der Waals surface area (Å²) in [6.45, 7) is 1.96. The fourth-order valence-electron chi connectivity index (χ4n) is 4.24. The van der Waals surface area contributed by atoms with E-state index in [0.29, 0.717) is 6.07 Å². The zero-order valence-corrected chi connectivity index (χ0v) is 20.5. The maximum atomic E-state index is 14.0. The van der Waals surface area contributed by atoms with Crippen molar-refractivity contribution in [1.82, 2.24) is 9.47 Å². The first kappa shape index (κ1) is 26.9. The number of halogens is 2. The van der Waals surface area contributed by atoms with Crippen LogP contribution in [-0.2, 0) is 32.0 Å². The summed E-state index contributed by atoms with van der Waals surface area (Å²) in [7, 11) is 0. The van der Waals surface area contributed by atoms with E-state index >= 15 is 0 Å². The van der Waals surface area contributed by atoms with Gasteiger partial charge in [-0.25, -0.2) is 13.6 Å². The molecule has 1 saturated heterocycles. The SMILES string of the molecule is CC(=O)COC(=O)OCOc1c2n(cc(C(=O)CCc3ccc(F)cc3F)c1=O)C[C@H]1OC[C@H](C)N1C2=O. The maximum absolute atomic E-state index is 14.0. The lowest BCUT2D eigenvalue weighted by Gasteiger charge is -2.34. The number of aryl methyl sites for hydroxylation is 1. The molecule has 0 radical (unpaired) electrons. The summed E-state index contributed by atoms with van der Waals surface area (Å²) in [5.74, 6) is -3.78. The second kappa shape index (κ2) is 11.1. The highest BCUT2D eigenvalue weighted by molar-refractivity contribution is 6.00. The molecule has 1 aromatic heterocycles. The number of aromatic nitrogens is 1. The Morgan fingerprint density at radius 1 is 1.16 bits per heavy atom. The molecule has 4 rings (SSSR count). The van der Waals surface area contributed by atoms with Crippen LogP contribution in [0.25, 0.3) is 0 Å². The number of Topliss-reactive ketones (excluding diaryl/α,β-unsaturated/α-hetero) is 2. The molecular weight excluding hydrogens is 510 g/mol. The topological polar surface area (TPSA) is 130 Å². The van der Waals surface area contributed by atoms with Gasteiger partial charge in [0.15, 0.2) is 30.1 Å². The Bertz CT molecular complexity index is 1360. The van der Waals surface area contributed by atoms with Crippen LogP contribution in [0.3, 0.4) is 0 Å². The zero-order valence-electron chi connectivity index (χ0n) is 20.5. The third-order valence-corrected chi connectivity index (χ3v) is 6.05. The van der Waals surface area contributed by atoms with Gasteiger partial charge in [0, 0.05) is 18.7 Å². The van der Waals surface area contributed by atoms with Crippen molar-refractivity contribution >= 4 is 23.6 Å². The molecule has 1 amide bonds. The third-order valence-electron chi connectivity index (χ3n) is 6.05. The molecule has 13 heteroatoms. The van der Waals surface area contributed by atoms with Crippen molar-refractivity contribution in [2.75, 3.05) is 20.0 Å². The number of ketones is 2. The first-order chi connectivity index (χ1) is 18.1. The second-order valence-corrected chi connectivity index (χ2v) is 8.86. The van der Waals surface area contributed by atoms with Gasteiger partial charge >= 0.3 is 6.16 Å². The average molecular weight is 534 g/mol. The molecule has 11 nitrogen and oxygen atoms in total. The lowest BCUT2D eigenvalue weighted by molar-refractivity contribution is -0.121. The molecule has 2 aromatic rings. The molecule has 2 atom stereocenters. The van der Waals surface area contributed by atoms with E-state index in [1.54, 1.807) is 6.92 Å². The van der Waals surface area contributed by atoms with Crippen molar-refractivity contribution in [2.24, 2.45) is 0 Å². The van der Waals surface area contributed by atoms with Gasteiger partial charge in [0.25, 0.3) is 5.91 Å². The van der Waals surface area contributed by atoms with E-state index in [9.17, 15) is 32.8 Å². The summed E-state index contributed by atoms with van der Waals surface area (Å²) in [6, 6.07) is 2.68. The number of carbonyl (C=O) groups excluding carboxylic acids is 4. The van der Waals surface area contributed by atoms with E-state index in [-0.39, 0.29) is 48.9 Å². The maximum Gasteiger partial charge on any atom is 0.511 e. The Morgan fingerprint density at radius 2 is 1.92 bits per heavy atom. The van der Waals surface area contributed by atoms with E-state index in [1.165, 1.54) is 28.7 Å². The quantitative estimate of drug-likeness (QED) is 0.270. The molecule has 2 aliphatic rings. The average Bonchev–Trinajstić information content (AvgIpc) is 3.23. The van der Waals surface area contributed by atoms with Gasteiger partial charge in [-0.2, -0.15) is 0 Å². The smallest absolute Gasteiger partial charge is 0.451 e. The highest BCUT2D eigenvalue weighted by atomic mass is 19.1. The van der Waals surface area contributed by atoms with Gasteiger partial charge in [-0.3, -0.25) is 19.2 Å². The summed E-state index contributed by atoms with van der Waals surface area (Å²) in [5.41, 5.74) is -1.34. The van der Waals surface area contributed by atoms with Gasteiger partial charge in [0.05, 0.1) is 24.8 Å². The number of carbonyl (C=O) groups is 4. The van der Waals surface area contributed by atoms with Crippen molar-refractivity contribution < 1.29 is 46.9 Å². The highest BCUT2D eigenvalue weighted by Crippen LogP contribution is 2.30. The summed E-state index contributed by atoms with van der Waals surface area (Å²) in [4.78, 5) is 63.7. The molecule has 0 unspecified atom stereocenters. The van der Waals surface area contributed by atoms with Crippen molar-refractivity contribution in [3.63, 3.8) is 0 Å². The van der Waals surface area contributed by atoms with Crippen LogP contribution in [0.15, 0.2) is 29.2 Å². The molecule has 1 fully saturated rings. The van der Waals surface area contributed by atoms with Crippen LogP contribution in [0.1, 0.15) is 46.7 Å². The second-order valence-electron chi connectivity index (χ2n) is 8.86. The predicted octanol–water partition coefficient (Wildman–Crippen LogP) is 2.22. The number of benzene rings is 1. The van der Waals surface area contributed by atoms with Gasteiger partial charge in [0.2, 0.25) is 18.0 Å². The minimum atomic E-state index is -1.24. The van der Waals surface area contributed by atoms with Crippen molar-refractivity contribution in [3.8, 4) is 5.75 Å². The molecule has 38 heavy (non-hydrogen) atoms. The number of amides is 1. The van der Waals surface area contributed by atoms with Crippen molar-refractivity contribution in [1.29, 1.82) is 0 Å². The summed E-state index contributed by atoms with van der Waals surface area (Å²) in [6.07, 6.45) is -1.05. The minimum Gasteiger partial charge on any atom is -0.451 e. The molecular formula is C25H24F2N2O9. The number of rotatable bonds is 9. The number of hydrogen-bond donors (Lipinski definition) is 0. The number of ether oxygens (including phenoxy) is 4. The first-order valence-corrected chi connectivity index (χ1v) is 11.7. The van der Waals surface area contributed by atoms with E-state index in [0.717, 1.165) is 6.07 Å². The standard InChI is InChI=1S/C25H24F2N2O9/c1-13-10-35-20-9-28-8-17(19(31)6-4-15-3-5-16(26)7-18(15)27)22(32)23(21(28)24(33)29(13)20)37-12-38-25(34)36-11-14(2)30/h3,5,7-8,13,20H,4,6,9-12H2,1-2H3/t13-,20+/m0/s1. The van der Waals surface area contributed by atoms with Gasteiger partial charge in [0.1, 0.15) is 11.6 Å².